The van der Waals surface area contributed by atoms with Crippen molar-refractivity contribution >= 4 is 15.9 Å². The van der Waals surface area contributed by atoms with Gasteiger partial charge in [-0.05, 0) is 52.0 Å². The molecule has 1 aromatic rings. The SMILES string of the molecule is Fc1cc2c(cc1Br)CC2. The first-order valence-corrected chi connectivity index (χ1v) is 4.03. The number of fused-ring (bicyclic) bond motifs is 1. The van der Waals surface area contributed by atoms with E-state index in [2.05, 4.69) is 15.9 Å². The van der Waals surface area contributed by atoms with E-state index in [0.29, 0.717) is 4.47 Å². The normalized spacial score (nSPS) is 14.2. The maximum absolute atomic E-state index is 12.7. The van der Waals surface area contributed by atoms with Gasteiger partial charge in [-0.25, -0.2) is 4.39 Å². The van der Waals surface area contributed by atoms with Gasteiger partial charge in [-0.15, -0.1) is 0 Å². The molecule has 2 rings (SSSR count). The van der Waals surface area contributed by atoms with E-state index in [4.69, 9.17) is 0 Å². The number of hydrogen-bond donors (Lipinski definition) is 0. The molecule has 0 atom stereocenters. The first-order valence-electron chi connectivity index (χ1n) is 3.24. The summed E-state index contributed by atoms with van der Waals surface area (Å²) in [6, 6.07) is 3.48. The van der Waals surface area contributed by atoms with Crippen LogP contribution < -0.4 is 0 Å². The molecule has 0 nitrogen and oxygen atoms in total. The highest BCUT2D eigenvalue weighted by molar-refractivity contribution is 9.10. The van der Waals surface area contributed by atoms with Crippen molar-refractivity contribution in [2.45, 2.75) is 12.8 Å². The van der Waals surface area contributed by atoms with Gasteiger partial charge in [0, 0.05) is 0 Å². The fourth-order valence-electron chi connectivity index (χ4n) is 1.19. The molecule has 0 fully saturated rings. The maximum atomic E-state index is 12.7. The standard InChI is InChI=1S/C8H6BrF/c9-7-3-5-1-2-6(5)4-8(7)10/h3-4H,1-2H2. The second-order valence-corrected chi connectivity index (χ2v) is 3.39. The third-order valence-corrected chi connectivity index (χ3v) is 2.51. The average Bonchev–Trinajstić information content (AvgIpc) is 1.89. The highest BCUT2D eigenvalue weighted by atomic mass is 79.9. The Bertz CT molecular complexity index is 241. The molecule has 0 N–H and O–H groups in total. The van der Waals surface area contributed by atoms with E-state index in [1.165, 1.54) is 11.1 Å². The summed E-state index contributed by atoms with van der Waals surface area (Å²) in [6.45, 7) is 0. The molecule has 1 aromatic carbocycles. The Hall–Kier alpha value is -0.370. The number of aryl methyl sites for hydroxylation is 2. The van der Waals surface area contributed by atoms with Crippen LogP contribution in [-0.4, -0.2) is 0 Å². The summed E-state index contributed by atoms with van der Waals surface area (Å²) in [7, 11) is 0. The zero-order valence-electron chi connectivity index (χ0n) is 5.32. The van der Waals surface area contributed by atoms with Crippen LogP contribution in [0, 0.1) is 5.82 Å². The Labute approximate surface area is 67.2 Å². The van der Waals surface area contributed by atoms with Gasteiger partial charge in [0.25, 0.3) is 0 Å². The number of halogens is 2. The third kappa shape index (κ3) is 0.788. The van der Waals surface area contributed by atoms with E-state index < -0.39 is 0 Å². The predicted octanol–water partition coefficient (Wildman–Crippen LogP) is 2.69. The molecule has 52 valence electrons. The summed E-state index contributed by atoms with van der Waals surface area (Å²) >= 11 is 3.14. The minimum Gasteiger partial charge on any atom is -0.206 e. The predicted molar refractivity (Wildman–Crippen MR) is 41.5 cm³/mol. The Morgan fingerprint density at radius 1 is 1.20 bits per heavy atom. The van der Waals surface area contributed by atoms with Crippen LogP contribution in [0.4, 0.5) is 4.39 Å². The number of hydrogen-bond acceptors (Lipinski definition) is 0. The van der Waals surface area contributed by atoms with E-state index in [0.717, 1.165) is 12.8 Å². The van der Waals surface area contributed by atoms with Gasteiger partial charge in [0.2, 0.25) is 0 Å². The number of rotatable bonds is 0. The average molecular weight is 201 g/mol. The number of benzene rings is 1. The molecule has 0 aliphatic heterocycles. The van der Waals surface area contributed by atoms with E-state index in [1.807, 2.05) is 6.07 Å². The minimum atomic E-state index is -0.140. The van der Waals surface area contributed by atoms with Crippen LogP contribution >= 0.6 is 15.9 Å². The topological polar surface area (TPSA) is 0 Å². The fourth-order valence-corrected chi connectivity index (χ4v) is 1.58. The lowest BCUT2D eigenvalue weighted by atomic mass is 9.89. The lowest BCUT2D eigenvalue weighted by molar-refractivity contribution is 0.612. The molecule has 0 unspecified atom stereocenters. The second kappa shape index (κ2) is 2.06. The molecule has 0 amide bonds. The van der Waals surface area contributed by atoms with E-state index >= 15 is 0 Å². The van der Waals surface area contributed by atoms with Gasteiger partial charge in [-0.1, -0.05) is 0 Å². The van der Waals surface area contributed by atoms with Crippen LogP contribution in [0.2, 0.25) is 0 Å². The van der Waals surface area contributed by atoms with E-state index in [9.17, 15) is 4.39 Å². The summed E-state index contributed by atoms with van der Waals surface area (Å²) in [5.41, 5.74) is 2.45. The maximum Gasteiger partial charge on any atom is 0.137 e. The zero-order chi connectivity index (χ0) is 7.14. The Morgan fingerprint density at radius 2 is 1.80 bits per heavy atom. The van der Waals surface area contributed by atoms with Crippen molar-refractivity contribution in [3.8, 4) is 0 Å². The molecule has 0 saturated carbocycles. The molecule has 0 aromatic heterocycles. The molecular formula is C8H6BrF. The molecule has 0 bridgehead atoms. The minimum absolute atomic E-state index is 0.140. The van der Waals surface area contributed by atoms with Crippen molar-refractivity contribution in [2.24, 2.45) is 0 Å². The summed E-state index contributed by atoms with van der Waals surface area (Å²) < 4.78 is 13.3. The highest BCUT2D eigenvalue weighted by Gasteiger charge is 2.14. The van der Waals surface area contributed by atoms with Crippen molar-refractivity contribution < 1.29 is 4.39 Å². The molecular weight excluding hydrogens is 195 g/mol. The molecule has 1 aliphatic carbocycles. The van der Waals surface area contributed by atoms with Gasteiger partial charge in [-0.2, -0.15) is 0 Å². The molecule has 0 radical (unpaired) electrons. The van der Waals surface area contributed by atoms with E-state index in [1.54, 1.807) is 6.07 Å². The molecule has 2 heteroatoms. The van der Waals surface area contributed by atoms with Crippen molar-refractivity contribution in [1.29, 1.82) is 0 Å². The Kier molecular flexibility index (Phi) is 1.31. The first-order chi connectivity index (χ1) is 4.77. The van der Waals surface area contributed by atoms with Gasteiger partial charge < -0.3 is 0 Å². The van der Waals surface area contributed by atoms with Gasteiger partial charge in [0.1, 0.15) is 5.82 Å². The molecule has 0 saturated heterocycles. The van der Waals surface area contributed by atoms with Crippen LogP contribution in [0.15, 0.2) is 16.6 Å². The summed E-state index contributed by atoms with van der Waals surface area (Å²) in [5, 5.41) is 0. The van der Waals surface area contributed by atoms with E-state index in [-0.39, 0.29) is 5.82 Å². The molecule has 10 heavy (non-hydrogen) atoms. The summed E-state index contributed by atoms with van der Waals surface area (Å²) in [5.74, 6) is -0.140. The Morgan fingerprint density at radius 3 is 2.30 bits per heavy atom. The lowest BCUT2D eigenvalue weighted by Gasteiger charge is -2.18. The van der Waals surface area contributed by atoms with Gasteiger partial charge >= 0.3 is 0 Å². The van der Waals surface area contributed by atoms with Crippen molar-refractivity contribution in [3.05, 3.63) is 33.5 Å². The first kappa shape index (κ1) is 6.35. The fraction of sp³-hybridized carbons (Fsp3) is 0.250. The third-order valence-electron chi connectivity index (χ3n) is 1.91. The molecule has 1 aliphatic rings. The molecule has 0 heterocycles. The van der Waals surface area contributed by atoms with Crippen LogP contribution in [-0.2, 0) is 12.8 Å². The smallest absolute Gasteiger partial charge is 0.137 e. The van der Waals surface area contributed by atoms with Gasteiger partial charge in [-0.3, -0.25) is 0 Å². The van der Waals surface area contributed by atoms with Crippen LogP contribution in [0.3, 0.4) is 0 Å². The van der Waals surface area contributed by atoms with Crippen LogP contribution in [0.1, 0.15) is 11.1 Å². The second-order valence-electron chi connectivity index (χ2n) is 2.54. The van der Waals surface area contributed by atoms with Crippen LogP contribution in [0.5, 0.6) is 0 Å². The van der Waals surface area contributed by atoms with Crippen molar-refractivity contribution in [2.75, 3.05) is 0 Å². The zero-order valence-corrected chi connectivity index (χ0v) is 6.91. The highest BCUT2D eigenvalue weighted by Crippen LogP contribution is 2.28. The summed E-state index contributed by atoms with van der Waals surface area (Å²) in [4.78, 5) is 0. The summed E-state index contributed by atoms with van der Waals surface area (Å²) in [6.07, 6.45) is 2.15. The van der Waals surface area contributed by atoms with Crippen LogP contribution in [0.25, 0.3) is 0 Å². The molecule has 0 spiro atoms. The quantitative estimate of drug-likeness (QED) is 0.605. The largest absolute Gasteiger partial charge is 0.206 e. The monoisotopic (exact) mass is 200 g/mol. The van der Waals surface area contributed by atoms with Crippen molar-refractivity contribution in [3.63, 3.8) is 0 Å². The van der Waals surface area contributed by atoms with Gasteiger partial charge in [0.05, 0.1) is 4.47 Å². The lowest BCUT2D eigenvalue weighted by Crippen LogP contribution is -2.08. The van der Waals surface area contributed by atoms with Gasteiger partial charge in [0.15, 0.2) is 0 Å². The Balaban J connectivity index is 2.60. The van der Waals surface area contributed by atoms with Crippen molar-refractivity contribution in [1.82, 2.24) is 0 Å².